The van der Waals surface area contributed by atoms with Crippen LogP contribution in [0.5, 0.6) is 0 Å². The second-order valence-corrected chi connectivity index (χ2v) is 6.14. The van der Waals surface area contributed by atoms with E-state index in [-0.39, 0.29) is 0 Å². The molecule has 1 fully saturated rings. The molecule has 0 spiro atoms. The van der Waals surface area contributed by atoms with Crippen LogP contribution in [0.15, 0.2) is 33.8 Å². The molecule has 0 unspecified atom stereocenters. The Bertz CT molecular complexity index is 694. The molecule has 0 saturated carbocycles. The third kappa shape index (κ3) is 4.26. The van der Waals surface area contributed by atoms with Crippen molar-refractivity contribution < 1.29 is 4.52 Å². The first-order chi connectivity index (χ1) is 11.8. The first-order valence-electron chi connectivity index (χ1n) is 8.38. The molecule has 7 heteroatoms. The quantitative estimate of drug-likeness (QED) is 0.665. The molecule has 1 aliphatic rings. The summed E-state index contributed by atoms with van der Waals surface area (Å²) < 4.78 is 5.32. The standard InChI is InChI=1S/C17H22ClN5O/c1-2-19-17(23-10-3-4-11-23)20-9-8-15-21-16(22-24-15)13-6-5-7-14(18)12-13/h5-7,12H,2-4,8-11H2,1H3,(H,19,20). The predicted molar refractivity (Wildman–Crippen MR) is 95.2 cm³/mol. The van der Waals surface area contributed by atoms with Crippen LogP contribution in [0.1, 0.15) is 25.7 Å². The molecule has 1 aliphatic heterocycles. The Hall–Kier alpha value is -2.08. The molecule has 1 aromatic heterocycles. The molecule has 2 heterocycles. The zero-order chi connectivity index (χ0) is 16.8. The van der Waals surface area contributed by atoms with Crippen molar-refractivity contribution in [3.05, 3.63) is 35.2 Å². The molecule has 3 rings (SSSR count). The van der Waals surface area contributed by atoms with Gasteiger partial charge in [0.25, 0.3) is 0 Å². The highest BCUT2D eigenvalue weighted by Gasteiger charge is 2.15. The number of aliphatic imine (C=N–C) groups is 1. The van der Waals surface area contributed by atoms with Crippen LogP contribution in [0.25, 0.3) is 11.4 Å². The van der Waals surface area contributed by atoms with Crippen molar-refractivity contribution in [3.63, 3.8) is 0 Å². The lowest BCUT2D eigenvalue weighted by Gasteiger charge is -2.20. The number of guanidine groups is 1. The minimum absolute atomic E-state index is 0.558. The second-order valence-electron chi connectivity index (χ2n) is 5.70. The van der Waals surface area contributed by atoms with E-state index in [2.05, 4.69) is 32.3 Å². The van der Waals surface area contributed by atoms with Gasteiger partial charge in [-0.15, -0.1) is 0 Å². The Balaban J connectivity index is 1.61. The largest absolute Gasteiger partial charge is 0.357 e. The van der Waals surface area contributed by atoms with Gasteiger partial charge in [-0.3, -0.25) is 4.99 Å². The number of nitrogens with one attached hydrogen (secondary N) is 1. The SMILES string of the molecule is CCNC(=NCCc1nc(-c2cccc(Cl)c2)no1)N1CCCC1. The van der Waals surface area contributed by atoms with Gasteiger partial charge in [0.05, 0.1) is 6.54 Å². The Morgan fingerprint density at radius 1 is 1.38 bits per heavy atom. The van der Waals surface area contributed by atoms with E-state index in [1.807, 2.05) is 24.3 Å². The highest BCUT2D eigenvalue weighted by Crippen LogP contribution is 2.20. The fourth-order valence-electron chi connectivity index (χ4n) is 2.71. The van der Waals surface area contributed by atoms with E-state index < -0.39 is 0 Å². The number of benzene rings is 1. The van der Waals surface area contributed by atoms with E-state index in [0.717, 1.165) is 31.2 Å². The Labute approximate surface area is 146 Å². The average molecular weight is 348 g/mol. The van der Waals surface area contributed by atoms with Crippen molar-refractivity contribution in [1.82, 2.24) is 20.4 Å². The van der Waals surface area contributed by atoms with Gasteiger partial charge in [-0.1, -0.05) is 28.9 Å². The number of hydrogen-bond acceptors (Lipinski definition) is 4. The fraction of sp³-hybridized carbons (Fsp3) is 0.471. The minimum Gasteiger partial charge on any atom is -0.357 e. The summed E-state index contributed by atoms with van der Waals surface area (Å²) in [4.78, 5) is 11.4. The summed E-state index contributed by atoms with van der Waals surface area (Å²) in [5.41, 5.74) is 0.853. The molecule has 1 saturated heterocycles. The topological polar surface area (TPSA) is 66.5 Å². The van der Waals surface area contributed by atoms with Gasteiger partial charge in [0.1, 0.15) is 0 Å². The summed E-state index contributed by atoms with van der Waals surface area (Å²) >= 11 is 6.00. The van der Waals surface area contributed by atoms with Gasteiger partial charge >= 0.3 is 0 Å². The minimum atomic E-state index is 0.558. The first kappa shape index (κ1) is 16.8. The van der Waals surface area contributed by atoms with Crippen LogP contribution < -0.4 is 5.32 Å². The van der Waals surface area contributed by atoms with Crippen molar-refractivity contribution in [2.24, 2.45) is 4.99 Å². The van der Waals surface area contributed by atoms with Gasteiger partial charge < -0.3 is 14.7 Å². The maximum absolute atomic E-state index is 6.00. The smallest absolute Gasteiger partial charge is 0.228 e. The van der Waals surface area contributed by atoms with E-state index in [4.69, 9.17) is 16.1 Å². The molecule has 2 aromatic rings. The van der Waals surface area contributed by atoms with Crippen molar-refractivity contribution in [2.45, 2.75) is 26.2 Å². The van der Waals surface area contributed by atoms with Gasteiger partial charge in [-0.05, 0) is 31.9 Å². The normalized spacial score (nSPS) is 15.1. The molecule has 1 N–H and O–H groups in total. The lowest BCUT2D eigenvalue weighted by Crippen LogP contribution is -2.39. The van der Waals surface area contributed by atoms with Crippen molar-refractivity contribution in [3.8, 4) is 11.4 Å². The number of hydrogen-bond donors (Lipinski definition) is 1. The van der Waals surface area contributed by atoms with Crippen LogP contribution in [0.4, 0.5) is 0 Å². The van der Waals surface area contributed by atoms with E-state index in [1.54, 1.807) is 0 Å². The predicted octanol–water partition coefficient (Wildman–Crippen LogP) is 2.99. The lowest BCUT2D eigenvalue weighted by atomic mass is 10.2. The van der Waals surface area contributed by atoms with Gasteiger partial charge in [-0.2, -0.15) is 4.98 Å². The van der Waals surface area contributed by atoms with Crippen molar-refractivity contribution in [2.75, 3.05) is 26.2 Å². The van der Waals surface area contributed by atoms with E-state index >= 15 is 0 Å². The number of nitrogens with zero attached hydrogens (tertiary/aromatic N) is 4. The lowest BCUT2D eigenvalue weighted by molar-refractivity contribution is 0.380. The number of rotatable bonds is 5. The molecule has 0 aliphatic carbocycles. The third-order valence-electron chi connectivity index (χ3n) is 3.88. The number of halogens is 1. The third-order valence-corrected chi connectivity index (χ3v) is 4.11. The summed E-state index contributed by atoms with van der Waals surface area (Å²) in [6, 6.07) is 7.43. The van der Waals surface area contributed by atoms with Crippen LogP contribution >= 0.6 is 11.6 Å². The van der Waals surface area contributed by atoms with Gasteiger partial charge in [0.15, 0.2) is 5.96 Å². The summed E-state index contributed by atoms with van der Waals surface area (Å²) in [6.07, 6.45) is 3.09. The molecule has 0 amide bonds. The molecule has 128 valence electrons. The number of aromatic nitrogens is 2. The zero-order valence-electron chi connectivity index (χ0n) is 13.8. The van der Waals surface area contributed by atoms with Gasteiger partial charge in [-0.25, -0.2) is 0 Å². The van der Waals surface area contributed by atoms with Gasteiger partial charge in [0.2, 0.25) is 11.7 Å². The molecular weight excluding hydrogens is 326 g/mol. The molecule has 24 heavy (non-hydrogen) atoms. The van der Waals surface area contributed by atoms with Crippen LogP contribution in [0, 0.1) is 0 Å². The van der Waals surface area contributed by atoms with Crippen molar-refractivity contribution >= 4 is 17.6 Å². The van der Waals surface area contributed by atoms with Crippen LogP contribution in [-0.4, -0.2) is 47.2 Å². The van der Waals surface area contributed by atoms with Crippen LogP contribution in [-0.2, 0) is 6.42 Å². The highest BCUT2D eigenvalue weighted by molar-refractivity contribution is 6.30. The zero-order valence-corrected chi connectivity index (χ0v) is 14.6. The van der Waals surface area contributed by atoms with Gasteiger partial charge in [0, 0.05) is 36.6 Å². The summed E-state index contributed by atoms with van der Waals surface area (Å²) in [5.74, 6) is 2.12. The molecule has 6 nitrogen and oxygen atoms in total. The van der Waals surface area contributed by atoms with E-state index in [0.29, 0.717) is 29.7 Å². The molecule has 0 radical (unpaired) electrons. The molecular formula is C17H22ClN5O. The Morgan fingerprint density at radius 3 is 2.96 bits per heavy atom. The van der Waals surface area contributed by atoms with Crippen LogP contribution in [0.2, 0.25) is 5.02 Å². The van der Waals surface area contributed by atoms with Crippen molar-refractivity contribution in [1.29, 1.82) is 0 Å². The molecule has 0 atom stereocenters. The van der Waals surface area contributed by atoms with E-state index in [9.17, 15) is 0 Å². The first-order valence-corrected chi connectivity index (χ1v) is 8.76. The van der Waals surface area contributed by atoms with Crippen LogP contribution in [0.3, 0.4) is 0 Å². The summed E-state index contributed by atoms with van der Waals surface area (Å²) in [5, 5.41) is 8.02. The fourth-order valence-corrected chi connectivity index (χ4v) is 2.90. The molecule has 1 aromatic carbocycles. The maximum atomic E-state index is 6.00. The monoisotopic (exact) mass is 347 g/mol. The van der Waals surface area contributed by atoms with E-state index in [1.165, 1.54) is 12.8 Å². The number of likely N-dealkylation sites (tertiary alicyclic amines) is 1. The summed E-state index contributed by atoms with van der Waals surface area (Å²) in [6.45, 7) is 5.72. The Kier molecular flexibility index (Phi) is 5.69. The maximum Gasteiger partial charge on any atom is 0.228 e. The Morgan fingerprint density at radius 2 is 2.21 bits per heavy atom. The molecule has 0 bridgehead atoms. The second kappa shape index (κ2) is 8.15. The highest BCUT2D eigenvalue weighted by atomic mass is 35.5. The average Bonchev–Trinajstić information content (AvgIpc) is 3.26. The summed E-state index contributed by atoms with van der Waals surface area (Å²) in [7, 11) is 0.